The first-order valence-electron chi connectivity index (χ1n) is 5.02. The highest BCUT2D eigenvalue weighted by molar-refractivity contribution is 7.86. The first kappa shape index (κ1) is 14.4. The molecule has 7 heteroatoms. The molecule has 0 atom stereocenters. The van der Waals surface area contributed by atoms with Crippen LogP contribution < -0.4 is 4.74 Å². The third-order valence-electron chi connectivity index (χ3n) is 2.27. The Labute approximate surface area is 104 Å². The van der Waals surface area contributed by atoms with Gasteiger partial charge in [0.2, 0.25) is 0 Å². The van der Waals surface area contributed by atoms with Gasteiger partial charge in [0, 0.05) is 11.6 Å². The molecule has 2 aromatic rings. The fourth-order valence-corrected chi connectivity index (χ4v) is 2.30. The molecular weight excluding hydrogens is 258 g/mol. The summed E-state index contributed by atoms with van der Waals surface area (Å²) in [6.07, 6.45) is 1.54. The number of pyridine rings is 1. The van der Waals surface area contributed by atoms with E-state index in [1.54, 1.807) is 18.3 Å². The molecule has 0 radical (unpaired) electrons. The average molecular weight is 271 g/mol. The van der Waals surface area contributed by atoms with Crippen LogP contribution in [0.25, 0.3) is 10.9 Å². The van der Waals surface area contributed by atoms with E-state index in [0.717, 1.165) is 0 Å². The molecule has 1 heterocycles. The van der Waals surface area contributed by atoms with Crippen molar-refractivity contribution in [1.29, 1.82) is 0 Å². The number of fused-ring (bicyclic) bond motifs is 1. The van der Waals surface area contributed by atoms with Crippen LogP contribution in [0.4, 0.5) is 0 Å². The van der Waals surface area contributed by atoms with Crippen molar-refractivity contribution < 1.29 is 23.2 Å². The maximum Gasteiger partial charge on any atom is 0.295 e. The molecule has 0 bridgehead atoms. The maximum atomic E-state index is 11.2. The van der Waals surface area contributed by atoms with E-state index in [4.69, 9.17) is 9.29 Å². The topological polar surface area (TPSA) is 108 Å². The van der Waals surface area contributed by atoms with Crippen molar-refractivity contribution in [3.05, 3.63) is 30.5 Å². The largest absolute Gasteiger partial charge is 0.492 e. The third kappa shape index (κ3) is 2.58. The summed E-state index contributed by atoms with van der Waals surface area (Å²) >= 11 is 0. The van der Waals surface area contributed by atoms with Crippen molar-refractivity contribution in [1.82, 2.24) is 4.98 Å². The first-order valence-corrected chi connectivity index (χ1v) is 6.46. The molecule has 0 saturated heterocycles. The quantitative estimate of drug-likeness (QED) is 0.839. The zero-order valence-corrected chi connectivity index (χ0v) is 10.4. The summed E-state index contributed by atoms with van der Waals surface area (Å²) in [7, 11) is -4.26. The fraction of sp³-hybridized carbons (Fsp3) is 0.182. The number of benzene rings is 1. The highest BCUT2D eigenvalue weighted by atomic mass is 32.2. The first-order chi connectivity index (χ1) is 8.04. The summed E-state index contributed by atoms with van der Waals surface area (Å²) in [5, 5.41) is 0.348. The molecule has 0 saturated carbocycles. The Morgan fingerprint density at radius 2 is 2.06 bits per heavy atom. The number of ether oxygens (including phenoxy) is 1. The SMILES string of the molecule is CCOc1ccc(S(=O)(=O)O)c2cccnc12.O. The molecule has 0 amide bonds. The molecule has 18 heavy (non-hydrogen) atoms. The molecule has 2 rings (SSSR count). The Morgan fingerprint density at radius 1 is 1.33 bits per heavy atom. The second kappa shape index (κ2) is 5.30. The molecule has 0 aliphatic heterocycles. The van der Waals surface area contributed by atoms with E-state index in [2.05, 4.69) is 4.98 Å². The van der Waals surface area contributed by atoms with Crippen LogP contribution in [0.3, 0.4) is 0 Å². The van der Waals surface area contributed by atoms with Crippen LogP contribution in [0, 0.1) is 0 Å². The Kier molecular flexibility index (Phi) is 4.23. The summed E-state index contributed by atoms with van der Waals surface area (Å²) in [5.41, 5.74) is 0.421. The van der Waals surface area contributed by atoms with Crippen LogP contribution in [-0.4, -0.2) is 30.0 Å². The second-order valence-corrected chi connectivity index (χ2v) is 4.76. The Bertz CT molecular complexity index is 654. The highest BCUT2D eigenvalue weighted by Gasteiger charge is 2.16. The number of nitrogens with zero attached hydrogens (tertiary/aromatic N) is 1. The average Bonchev–Trinajstić information content (AvgIpc) is 2.28. The van der Waals surface area contributed by atoms with Gasteiger partial charge in [0.15, 0.2) is 0 Å². The predicted octanol–water partition coefficient (Wildman–Crippen LogP) is 1.06. The minimum atomic E-state index is -4.26. The monoisotopic (exact) mass is 271 g/mol. The molecular formula is C11H13NO5S. The molecule has 1 aromatic carbocycles. The van der Waals surface area contributed by atoms with Gasteiger partial charge in [0.05, 0.1) is 6.61 Å². The van der Waals surface area contributed by atoms with Gasteiger partial charge in [-0.15, -0.1) is 0 Å². The van der Waals surface area contributed by atoms with Crippen molar-refractivity contribution in [3.63, 3.8) is 0 Å². The molecule has 1 aromatic heterocycles. The summed E-state index contributed by atoms with van der Waals surface area (Å²) in [6.45, 7) is 2.28. The van der Waals surface area contributed by atoms with Gasteiger partial charge in [0.25, 0.3) is 10.1 Å². The summed E-state index contributed by atoms with van der Waals surface area (Å²) in [5.74, 6) is 0.496. The number of rotatable bonds is 3. The lowest BCUT2D eigenvalue weighted by Crippen LogP contribution is -2.01. The smallest absolute Gasteiger partial charge is 0.295 e. The molecule has 98 valence electrons. The Morgan fingerprint density at radius 3 is 2.67 bits per heavy atom. The van der Waals surface area contributed by atoms with Gasteiger partial charge in [-0.05, 0) is 31.2 Å². The fourth-order valence-electron chi connectivity index (χ4n) is 1.62. The van der Waals surface area contributed by atoms with Crippen molar-refractivity contribution >= 4 is 21.0 Å². The van der Waals surface area contributed by atoms with E-state index in [9.17, 15) is 8.42 Å². The number of hydrogen-bond donors (Lipinski definition) is 1. The normalized spacial score (nSPS) is 11.0. The summed E-state index contributed by atoms with van der Waals surface area (Å²) in [6, 6.07) is 5.98. The van der Waals surface area contributed by atoms with Crippen molar-refractivity contribution in [3.8, 4) is 5.75 Å². The lowest BCUT2D eigenvalue weighted by molar-refractivity contribution is 0.343. The summed E-state index contributed by atoms with van der Waals surface area (Å²) < 4.78 is 36.9. The molecule has 0 spiro atoms. The summed E-state index contributed by atoms with van der Waals surface area (Å²) in [4.78, 5) is 3.91. The number of aromatic nitrogens is 1. The third-order valence-corrected chi connectivity index (χ3v) is 3.18. The van der Waals surface area contributed by atoms with Crippen LogP contribution in [0.2, 0.25) is 0 Å². The van der Waals surface area contributed by atoms with E-state index in [-0.39, 0.29) is 10.4 Å². The van der Waals surface area contributed by atoms with Gasteiger partial charge in [0.1, 0.15) is 16.2 Å². The zero-order valence-electron chi connectivity index (χ0n) is 9.62. The minimum Gasteiger partial charge on any atom is -0.492 e. The van der Waals surface area contributed by atoms with Gasteiger partial charge >= 0.3 is 0 Å². The molecule has 0 fully saturated rings. The Hall–Kier alpha value is -1.70. The standard InChI is InChI=1S/C11H11NO4S.H2O/c1-2-16-9-5-6-10(17(13,14)15)8-4-3-7-12-11(8)9;/h3-7H,2H2,1H3,(H,13,14,15);1H2. The van der Waals surface area contributed by atoms with E-state index >= 15 is 0 Å². The highest BCUT2D eigenvalue weighted by Crippen LogP contribution is 2.29. The van der Waals surface area contributed by atoms with Gasteiger partial charge in [-0.25, -0.2) is 0 Å². The van der Waals surface area contributed by atoms with Crippen molar-refractivity contribution in [2.45, 2.75) is 11.8 Å². The molecule has 0 aliphatic carbocycles. The van der Waals surface area contributed by atoms with Gasteiger partial charge in [-0.3, -0.25) is 9.54 Å². The lowest BCUT2D eigenvalue weighted by atomic mass is 10.2. The lowest BCUT2D eigenvalue weighted by Gasteiger charge is -2.08. The van der Waals surface area contributed by atoms with Crippen LogP contribution in [-0.2, 0) is 10.1 Å². The Balaban J connectivity index is 0.00000162. The van der Waals surface area contributed by atoms with Crippen LogP contribution in [0.5, 0.6) is 5.75 Å². The second-order valence-electron chi connectivity index (χ2n) is 3.37. The van der Waals surface area contributed by atoms with E-state index in [1.807, 2.05) is 6.92 Å². The van der Waals surface area contributed by atoms with Gasteiger partial charge < -0.3 is 10.2 Å². The molecule has 6 nitrogen and oxygen atoms in total. The van der Waals surface area contributed by atoms with Crippen molar-refractivity contribution in [2.24, 2.45) is 0 Å². The van der Waals surface area contributed by atoms with Crippen molar-refractivity contribution in [2.75, 3.05) is 6.61 Å². The maximum absolute atomic E-state index is 11.2. The van der Waals surface area contributed by atoms with E-state index in [0.29, 0.717) is 23.3 Å². The van der Waals surface area contributed by atoms with Gasteiger partial charge in [-0.2, -0.15) is 8.42 Å². The van der Waals surface area contributed by atoms with Gasteiger partial charge in [-0.1, -0.05) is 0 Å². The van der Waals surface area contributed by atoms with Crippen LogP contribution in [0.15, 0.2) is 35.4 Å². The molecule has 3 N–H and O–H groups in total. The van der Waals surface area contributed by atoms with E-state index in [1.165, 1.54) is 12.1 Å². The molecule has 0 aliphatic rings. The van der Waals surface area contributed by atoms with E-state index < -0.39 is 10.1 Å². The van der Waals surface area contributed by atoms with Crippen LogP contribution in [0.1, 0.15) is 6.92 Å². The van der Waals surface area contributed by atoms with Crippen LogP contribution >= 0.6 is 0 Å². The molecule has 0 unspecified atom stereocenters. The predicted molar refractivity (Wildman–Crippen MR) is 66.3 cm³/mol. The minimum absolute atomic E-state index is 0. The number of hydrogen-bond acceptors (Lipinski definition) is 4. The zero-order chi connectivity index (χ0) is 12.5.